The summed E-state index contributed by atoms with van der Waals surface area (Å²) in [6, 6.07) is 19.7. The fourth-order valence-electron chi connectivity index (χ4n) is 3.87. The van der Waals surface area contributed by atoms with Gasteiger partial charge in [0.25, 0.3) is 11.8 Å². The number of ether oxygens (including phenoxy) is 1. The van der Waals surface area contributed by atoms with Crippen LogP contribution in [0.5, 0.6) is 5.75 Å². The van der Waals surface area contributed by atoms with Gasteiger partial charge in [-0.3, -0.25) is 10.1 Å². The van der Waals surface area contributed by atoms with Crippen LogP contribution in [0.25, 0.3) is 44.4 Å². The van der Waals surface area contributed by atoms with Crippen molar-refractivity contribution in [2.24, 2.45) is 0 Å². The van der Waals surface area contributed by atoms with Gasteiger partial charge >= 0.3 is 11.6 Å². The van der Waals surface area contributed by atoms with E-state index in [1.807, 2.05) is 42.5 Å². The number of hydrogen-bond donors (Lipinski definition) is 1. The maximum absolute atomic E-state index is 12.8. The maximum atomic E-state index is 12.8. The fourth-order valence-corrected chi connectivity index (χ4v) is 3.87. The minimum atomic E-state index is -0.774. The fraction of sp³-hybridized carbons (Fsp3) is 0.0400. The van der Waals surface area contributed by atoms with Crippen LogP contribution in [-0.4, -0.2) is 23.2 Å². The average molecular weight is 453 g/mol. The van der Waals surface area contributed by atoms with Gasteiger partial charge in [-0.05, 0) is 35.0 Å². The van der Waals surface area contributed by atoms with Gasteiger partial charge in [0.2, 0.25) is 0 Å². The van der Waals surface area contributed by atoms with Crippen molar-refractivity contribution < 1.29 is 22.8 Å². The molecule has 0 aliphatic heterocycles. The van der Waals surface area contributed by atoms with E-state index in [9.17, 15) is 9.59 Å². The third kappa shape index (κ3) is 3.18. The van der Waals surface area contributed by atoms with E-state index in [1.54, 1.807) is 25.3 Å². The number of rotatable bonds is 4. The number of methoxy groups -OCH3 is 1. The van der Waals surface area contributed by atoms with Crippen molar-refractivity contribution in [3.63, 3.8) is 0 Å². The zero-order valence-corrected chi connectivity index (χ0v) is 17.7. The Balaban J connectivity index is 1.33. The van der Waals surface area contributed by atoms with E-state index < -0.39 is 11.5 Å². The number of carbonyl (C=O) groups is 1. The summed E-state index contributed by atoms with van der Waals surface area (Å²) in [5.41, 5.74) is -0.0353. The first-order chi connectivity index (χ1) is 16.6. The van der Waals surface area contributed by atoms with Crippen molar-refractivity contribution in [3.8, 4) is 17.4 Å². The van der Waals surface area contributed by atoms with Crippen molar-refractivity contribution >= 4 is 44.6 Å². The van der Waals surface area contributed by atoms with Gasteiger partial charge in [0.15, 0.2) is 17.1 Å². The molecule has 0 fully saturated rings. The highest BCUT2D eigenvalue weighted by Gasteiger charge is 2.20. The van der Waals surface area contributed by atoms with Gasteiger partial charge in [-0.15, -0.1) is 5.10 Å². The van der Waals surface area contributed by atoms with Gasteiger partial charge in [-0.2, -0.15) is 0 Å². The minimum Gasteiger partial charge on any atom is -0.493 e. The molecule has 0 aliphatic rings. The summed E-state index contributed by atoms with van der Waals surface area (Å²) in [5.74, 6) is 0.201. The first-order valence-electron chi connectivity index (χ1n) is 10.3. The van der Waals surface area contributed by atoms with E-state index in [4.69, 9.17) is 18.0 Å². The third-order valence-electron chi connectivity index (χ3n) is 5.47. The molecule has 34 heavy (non-hydrogen) atoms. The highest BCUT2D eigenvalue weighted by atomic mass is 16.5. The standard InChI is InChI=1S/C25H15N3O6/c1-31-19-8-4-6-14-11-20(32-21(14)19)23-27-28-25(34-23)26-22(29)17-12-16-15-7-3-2-5-13(15)9-10-18(16)33-24(17)30/h2-12H,1H3,(H,26,28,29). The number of benzene rings is 3. The molecule has 1 N–H and O–H groups in total. The van der Waals surface area contributed by atoms with Crippen LogP contribution >= 0.6 is 0 Å². The van der Waals surface area contributed by atoms with Crippen LogP contribution in [0.2, 0.25) is 0 Å². The monoisotopic (exact) mass is 453 g/mol. The van der Waals surface area contributed by atoms with Crippen LogP contribution in [0.1, 0.15) is 10.4 Å². The smallest absolute Gasteiger partial charge is 0.349 e. The summed E-state index contributed by atoms with van der Waals surface area (Å²) in [7, 11) is 1.55. The van der Waals surface area contributed by atoms with E-state index >= 15 is 0 Å². The Morgan fingerprint density at radius 1 is 0.882 bits per heavy atom. The summed E-state index contributed by atoms with van der Waals surface area (Å²) >= 11 is 0. The van der Waals surface area contributed by atoms with E-state index in [0.29, 0.717) is 28.1 Å². The Labute approximate surface area is 190 Å². The van der Waals surface area contributed by atoms with E-state index in [2.05, 4.69) is 15.5 Å². The molecular weight excluding hydrogens is 438 g/mol. The van der Waals surface area contributed by atoms with Crippen LogP contribution in [0.15, 0.2) is 84.8 Å². The van der Waals surface area contributed by atoms with Crippen LogP contribution in [0, 0.1) is 0 Å². The van der Waals surface area contributed by atoms with Gasteiger partial charge in [0.1, 0.15) is 11.1 Å². The number of nitrogens with one attached hydrogen (secondary N) is 1. The quantitative estimate of drug-likeness (QED) is 0.292. The van der Waals surface area contributed by atoms with Gasteiger partial charge in [-0.1, -0.05) is 47.6 Å². The third-order valence-corrected chi connectivity index (χ3v) is 5.47. The SMILES string of the molecule is COc1cccc2cc(-c3nnc(NC(=O)c4cc5c(ccc6ccccc65)oc4=O)o3)oc12. The molecule has 6 aromatic rings. The topological polar surface area (TPSA) is 121 Å². The molecule has 9 nitrogen and oxygen atoms in total. The number of fused-ring (bicyclic) bond motifs is 4. The molecule has 1 amide bonds. The first kappa shape index (κ1) is 19.7. The molecule has 0 spiro atoms. The Bertz CT molecular complexity index is 1780. The zero-order valence-electron chi connectivity index (χ0n) is 17.7. The molecular formula is C25H15N3O6. The molecule has 0 unspecified atom stereocenters. The molecule has 0 aliphatic carbocycles. The van der Waals surface area contributed by atoms with Gasteiger partial charge in [0, 0.05) is 10.8 Å². The van der Waals surface area contributed by atoms with Crippen molar-refractivity contribution in [2.75, 3.05) is 12.4 Å². The predicted molar refractivity (Wildman–Crippen MR) is 124 cm³/mol. The minimum absolute atomic E-state index is 0.0603. The molecule has 3 heterocycles. The largest absolute Gasteiger partial charge is 0.493 e. The summed E-state index contributed by atoms with van der Waals surface area (Å²) in [4.78, 5) is 25.3. The summed E-state index contributed by atoms with van der Waals surface area (Å²) in [5, 5.41) is 13.5. The molecule has 0 atom stereocenters. The normalized spacial score (nSPS) is 11.3. The molecule has 3 aromatic heterocycles. The second kappa shape index (κ2) is 7.59. The van der Waals surface area contributed by atoms with Crippen molar-refractivity contribution in [1.82, 2.24) is 10.2 Å². The number of nitrogens with zero attached hydrogens (tertiary/aromatic N) is 2. The van der Waals surface area contributed by atoms with E-state index in [0.717, 1.165) is 16.2 Å². The first-order valence-corrected chi connectivity index (χ1v) is 10.3. The lowest BCUT2D eigenvalue weighted by Crippen LogP contribution is -2.20. The molecule has 0 saturated heterocycles. The molecule has 9 heteroatoms. The molecule has 0 saturated carbocycles. The lowest BCUT2D eigenvalue weighted by atomic mass is 10.0. The molecule has 6 rings (SSSR count). The number of para-hydroxylation sites is 1. The Morgan fingerprint density at radius 2 is 1.74 bits per heavy atom. The molecule has 166 valence electrons. The van der Waals surface area contributed by atoms with Gasteiger partial charge < -0.3 is 18.0 Å². The van der Waals surface area contributed by atoms with Gasteiger partial charge in [0.05, 0.1) is 7.11 Å². The van der Waals surface area contributed by atoms with Gasteiger partial charge in [-0.25, -0.2) is 4.79 Å². The van der Waals surface area contributed by atoms with E-state index in [1.165, 1.54) is 6.07 Å². The highest BCUT2D eigenvalue weighted by Crippen LogP contribution is 2.33. The second-order valence-corrected chi connectivity index (χ2v) is 7.50. The van der Waals surface area contributed by atoms with Crippen LogP contribution in [0.3, 0.4) is 0 Å². The number of furan rings is 1. The molecule has 0 radical (unpaired) electrons. The number of amides is 1. The molecule has 3 aromatic carbocycles. The lowest BCUT2D eigenvalue weighted by Gasteiger charge is -2.05. The lowest BCUT2D eigenvalue weighted by molar-refractivity contribution is 0.102. The number of hydrogen-bond acceptors (Lipinski definition) is 8. The average Bonchev–Trinajstić information content (AvgIpc) is 3.50. The van der Waals surface area contributed by atoms with Crippen molar-refractivity contribution in [2.45, 2.75) is 0 Å². The maximum Gasteiger partial charge on any atom is 0.349 e. The Kier molecular flexibility index (Phi) is 4.41. The Hall–Kier alpha value is -4.92. The van der Waals surface area contributed by atoms with Crippen LogP contribution in [-0.2, 0) is 0 Å². The van der Waals surface area contributed by atoms with Crippen molar-refractivity contribution in [1.29, 1.82) is 0 Å². The highest BCUT2D eigenvalue weighted by molar-refractivity contribution is 6.10. The van der Waals surface area contributed by atoms with Crippen LogP contribution < -0.4 is 15.7 Å². The summed E-state index contributed by atoms with van der Waals surface area (Å²) in [6.45, 7) is 0. The predicted octanol–water partition coefficient (Wildman–Crippen LogP) is 5.00. The second-order valence-electron chi connectivity index (χ2n) is 7.50. The summed E-state index contributed by atoms with van der Waals surface area (Å²) in [6.07, 6.45) is 0. The zero-order chi connectivity index (χ0) is 23.2. The van der Waals surface area contributed by atoms with Crippen molar-refractivity contribution in [3.05, 3.63) is 82.7 Å². The number of aromatic nitrogens is 2. The number of carbonyl (C=O) groups excluding carboxylic acids is 1. The van der Waals surface area contributed by atoms with Crippen LogP contribution in [0.4, 0.5) is 6.01 Å². The van der Waals surface area contributed by atoms with E-state index in [-0.39, 0.29) is 17.5 Å². The summed E-state index contributed by atoms with van der Waals surface area (Å²) < 4.78 is 22.0. The number of anilines is 1. The molecule has 0 bridgehead atoms. The Morgan fingerprint density at radius 3 is 2.62 bits per heavy atom.